The maximum atomic E-state index is 11.8. The van der Waals surface area contributed by atoms with E-state index in [1.165, 1.54) is 18.7 Å². The highest BCUT2D eigenvalue weighted by Gasteiger charge is 2.28. The molecule has 0 fully saturated rings. The molecule has 0 bridgehead atoms. The Bertz CT molecular complexity index is 600. The summed E-state index contributed by atoms with van der Waals surface area (Å²) in [6.07, 6.45) is -0.666. The van der Waals surface area contributed by atoms with Gasteiger partial charge in [0.05, 0.1) is 0 Å². The summed E-state index contributed by atoms with van der Waals surface area (Å²) in [5.41, 5.74) is -0.892. The Morgan fingerprint density at radius 1 is 1.18 bits per heavy atom. The van der Waals surface area contributed by atoms with Crippen molar-refractivity contribution in [3.63, 3.8) is 0 Å². The molecule has 0 aliphatic carbocycles. The number of nitrogens with one attached hydrogen (secondary N) is 3. The Hall–Kier alpha value is -2.09. The van der Waals surface area contributed by atoms with E-state index in [1.807, 2.05) is 0 Å². The van der Waals surface area contributed by atoms with Crippen LogP contribution in [0.2, 0.25) is 0 Å². The second-order valence-corrected chi connectivity index (χ2v) is 3.78. The zero-order valence-electron chi connectivity index (χ0n) is 9.70. The zero-order chi connectivity index (χ0) is 12.7. The fraction of sp³-hybridized carbons (Fsp3) is 0.444. The van der Waals surface area contributed by atoms with E-state index < -0.39 is 17.4 Å². The summed E-state index contributed by atoms with van der Waals surface area (Å²) >= 11 is 0. The molecule has 92 valence electrons. The standard InChI is InChI=1S/C9H13N5O3/c1-10-5-7(15)11-4-6(12-5)13(2)9(17)14(3)8(4)16/h5,10,12H,1-3H3,(H,11,15). The minimum Gasteiger partial charge on any atom is -0.346 e. The lowest BCUT2D eigenvalue weighted by atomic mass is 10.3. The Balaban J connectivity index is 2.71. The van der Waals surface area contributed by atoms with Gasteiger partial charge in [-0.25, -0.2) is 4.79 Å². The van der Waals surface area contributed by atoms with E-state index in [0.29, 0.717) is 5.82 Å². The summed E-state index contributed by atoms with van der Waals surface area (Å²) in [5, 5.41) is 8.01. The second kappa shape index (κ2) is 3.74. The monoisotopic (exact) mass is 239 g/mol. The molecule has 2 rings (SSSR count). The smallest absolute Gasteiger partial charge is 0.332 e. The summed E-state index contributed by atoms with van der Waals surface area (Å²) in [4.78, 5) is 35.1. The number of amides is 1. The molecule has 2 heterocycles. The molecular formula is C9H13N5O3. The highest BCUT2D eigenvalue weighted by atomic mass is 16.2. The topological polar surface area (TPSA) is 97.2 Å². The van der Waals surface area contributed by atoms with E-state index in [-0.39, 0.29) is 11.6 Å². The number of likely N-dealkylation sites (N-methyl/N-ethyl adjacent to an activating group) is 1. The van der Waals surface area contributed by atoms with Gasteiger partial charge in [-0.1, -0.05) is 0 Å². The van der Waals surface area contributed by atoms with Crippen LogP contribution in [0, 0.1) is 0 Å². The van der Waals surface area contributed by atoms with Crippen LogP contribution in [0.4, 0.5) is 11.5 Å². The number of carbonyl (C=O) groups is 1. The molecule has 3 N–H and O–H groups in total. The third-order valence-corrected chi connectivity index (χ3v) is 2.74. The maximum absolute atomic E-state index is 11.8. The number of rotatable bonds is 1. The van der Waals surface area contributed by atoms with Gasteiger partial charge >= 0.3 is 5.69 Å². The van der Waals surface area contributed by atoms with Crippen LogP contribution in [0.25, 0.3) is 0 Å². The minimum absolute atomic E-state index is 0.0890. The number of hydrogen-bond acceptors (Lipinski definition) is 5. The van der Waals surface area contributed by atoms with E-state index in [4.69, 9.17) is 0 Å². The summed E-state index contributed by atoms with van der Waals surface area (Å²) in [6.45, 7) is 0. The van der Waals surface area contributed by atoms with Crippen LogP contribution in [-0.4, -0.2) is 28.3 Å². The van der Waals surface area contributed by atoms with Crippen molar-refractivity contribution in [2.75, 3.05) is 17.7 Å². The minimum atomic E-state index is -0.666. The van der Waals surface area contributed by atoms with E-state index in [9.17, 15) is 14.4 Å². The fourth-order valence-electron chi connectivity index (χ4n) is 1.73. The van der Waals surface area contributed by atoms with Crippen molar-refractivity contribution < 1.29 is 4.79 Å². The molecule has 17 heavy (non-hydrogen) atoms. The van der Waals surface area contributed by atoms with Gasteiger partial charge in [-0.2, -0.15) is 0 Å². The first kappa shape index (κ1) is 11.4. The normalized spacial score (nSPS) is 18.3. The van der Waals surface area contributed by atoms with Gasteiger partial charge in [0.15, 0.2) is 6.17 Å². The first-order valence-corrected chi connectivity index (χ1v) is 5.02. The van der Waals surface area contributed by atoms with Gasteiger partial charge in [0.2, 0.25) is 0 Å². The van der Waals surface area contributed by atoms with Gasteiger partial charge in [-0.15, -0.1) is 0 Å². The molecule has 1 aromatic rings. The van der Waals surface area contributed by atoms with Crippen molar-refractivity contribution in [1.82, 2.24) is 14.5 Å². The number of nitrogens with zero attached hydrogens (tertiary/aromatic N) is 2. The predicted molar refractivity (Wildman–Crippen MR) is 62.0 cm³/mol. The molecule has 0 spiro atoms. The van der Waals surface area contributed by atoms with Crippen molar-refractivity contribution in [2.24, 2.45) is 14.1 Å². The molecule has 0 saturated heterocycles. The Kier molecular flexibility index (Phi) is 2.50. The van der Waals surface area contributed by atoms with Gasteiger partial charge < -0.3 is 10.6 Å². The van der Waals surface area contributed by atoms with Gasteiger partial charge in [0.1, 0.15) is 11.5 Å². The third-order valence-electron chi connectivity index (χ3n) is 2.74. The predicted octanol–water partition coefficient (Wildman–Crippen LogP) is -2.01. The summed E-state index contributed by atoms with van der Waals surface area (Å²) in [6, 6.07) is 0. The number of hydrogen-bond donors (Lipinski definition) is 3. The van der Waals surface area contributed by atoms with Gasteiger partial charge in [0.25, 0.3) is 11.5 Å². The molecule has 8 nitrogen and oxygen atoms in total. The zero-order valence-corrected chi connectivity index (χ0v) is 9.70. The first-order chi connectivity index (χ1) is 7.97. The molecule has 1 atom stereocenters. The first-order valence-electron chi connectivity index (χ1n) is 5.02. The SMILES string of the molecule is CNC1Nc2c(c(=O)n(C)c(=O)n2C)NC1=O. The molecule has 1 aliphatic heterocycles. The van der Waals surface area contributed by atoms with Crippen molar-refractivity contribution in [3.8, 4) is 0 Å². The largest absolute Gasteiger partial charge is 0.346 e. The molecule has 8 heteroatoms. The number of anilines is 2. The molecular weight excluding hydrogens is 226 g/mol. The molecule has 0 aromatic carbocycles. The number of aromatic nitrogens is 2. The fourth-order valence-corrected chi connectivity index (χ4v) is 1.73. The van der Waals surface area contributed by atoms with E-state index in [1.54, 1.807) is 7.05 Å². The number of carbonyl (C=O) groups excluding carboxylic acids is 1. The van der Waals surface area contributed by atoms with Crippen LogP contribution in [0.3, 0.4) is 0 Å². The van der Waals surface area contributed by atoms with E-state index in [0.717, 1.165) is 4.57 Å². The summed E-state index contributed by atoms with van der Waals surface area (Å²) < 4.78 is 2.22. The summed E-state index contributed by atoms with van der Waals surface area (Å²) in [7, 11) is 4.49. The molecule has 1 amide bonds. The van der Waals surface area contributed by atoms with Crippen molar-refractivity contribution in [1.29, 1.82) is 0 Å². The average molecular weight is 239 g/mol. The van der Waals surface area contributed by atoms with Crippen LogP contribution >= 0.6 is 0 Å². The van der Waals surface area contributed by atoms with E-state index >= 15 is 0 Å². The lowest BCUT2D eigenvalue weighted by molar-refractivity contribution is -0.117. The van der Waals surface area contributed by atoms with Crippen LogP contribution in [0.15, 0.2) is 9.59 Å². The van der Waals surface area contributed by atoms with Gasteiger partial charge in [0, 0.05) is 14.1 Å². The highest BCUT2D eigenvalue weighted by molar-refractivity contribution is 6.01. The van der Waals surface area contributed by atoms with Crippen molar-refractivity contribution >= 4 is 17.4 Å². The van der Waals surface area contributed by atoms with E-state index in [2.05, 4.69) is 16.0 Å². The van der Waals surface area contributed by atoms with Crippen LogP contribution in [0.5, 0.6) is 0 Å². The van der Waals surface area contributed by atoms with Crippen LogP contribution < -0.4 is 27.2 Å². The second-order valence-electron chi connectivity index (χ2n) is 3.78. The Morgan fingerprint density at radius 2 is 1.82 bits per heavy atom. The lowest BCUT2D eigenvalue weighted by Gasteiger charge is -2.27. The average Bonchev–Trinajstić information content (AvgIpc) is 2.33. The number of fused-ring (bicyclic) bond motifs is 1. The quantitative estimate of drug-likeness (QED) is 0.526. The van der Waals surface area contributed by atoms with Crippen molar-refractivity contribution in [2.45, 2.75) is 6.17 Å². The Morgan fingerprint density at radius 3 is 2.41 bits per heavy atom. The van der Waals surface area contributed by atoms with Gasteiger partial charge in [-0.3, -0.25) is 24.0 Å². The van der Waals surface area contributed by atoms with Gasteiger partial charge in [-0.05, 0) is 7.05 Å². The van der Waals surface area contributed by atoms with Crippen molar-refractivity contribution in [3.05, 3.63) is 20.8 Å². The molecule has 0 radical (unpaired) electrons. The highest BCUT2D eigenvalue weighted by Crippen LogP contribution is 2.19. The molecule has 1 aliphatic rings. The lowest BCUT2D eigenvalue weighted by Crippen LogP contribution is -2.52. The Labute approximate surface area is 96.2 Å². The summed E-state index contributed by atoms with van der Waals surface area (Å²) in [5.74, 6) is -0.0622. The molecule has 0 saturated carbocycles. The third kappa shape index (κ3) is 1.53. The maximum Gasteiger partial charge on any atom is 0.332 e. The molecule has 1 unspecified atom stereocenters. The van der Waals surface area contributed by atoms with Crippen LogP contribution in [0.1, 0.15) is 0 Å². The van der Waals surface area contributed by atoms with Crippen LogP contribution in [-0.2, 0) is 18.9 Å². The molecule has 1 aromatic heterocycles.